The summed E-state index contributed by atoms with van der Waals surface area (Å²) in [5, 5.41) is 9.86. The Labute approximate surface area is 163 Å². The first-order valence-corrected chi connectivity index (χ1v) is 9.76. The van der Waals surface area contributed by atoms with Gasteiger partial charge in [0.05, 0.1) is 26.7 Å². The van der Waals surface area contributed by atoms with Crippen LogP contribution in [0.3, 0.4) is 0 Å². The van der Waals surface area contributed by atoms with Gasteiger partial charge in [-0.2, -0.15) is 0 Å². The highest BCUT2D eigenvalue weighted by Gasteiger charge is 2.16. The minimum absolute atomic E-state index is 0.0199. The standard InChI is InChI=1S/C16H12Cl2FN3O4S/c17-11-7-12(18)15(23)14-13(11)16(24)22(8-20-14)6-5-21-27(25,26)10-3-1-9(19)2-4-10/h1-4,7-8,21,23H,5-6H2. The van der Waals surface area contributed by atoms with Crippen molar-refractivity contribution in [1.82, 2.24) is 14.3 Å². The molecule has 0 fully saturated rings. The highest BCUT2D eigenvalue weighted by Crippen LogP contribution is 2.34. The molecule has 27 heavy (non-hydrogen) atoms. The number of nitrogens with one attached hydrogen (secondary N) is 1. The summed E-state index contributed by atoms with van der Waals surface area (Å²) >= 11 is 11.8. The fourth-order valence-corrected chi connectivity index (χ4v) is 3.96. The number of nitrogens with zero attached hydrogens (tertiary/aromatic N) is 2. The maximum absolute atomic E-state index is 12.9. The largest absolute Gasteiger partial charge is 0.504 e. The van der Waals surface area contributed by atoms with E-state index >= 15 is 0 Å². The number of benzene rings is 2. The predicted molar refractivity (Wildman–Crippen MR) is 99.3 cm³/mol. The number of phenolic OH excluding ortho intramolecular Hbond substituents is 1. The summed E-state index contributed by atoms with van der Waals surface area (Å²) in [6, 6.07) is 5.56. The van der Waals surface area contributed by atoms with Crippen molar-refractivity contribution in [2.45, 2.75) is 11.4 Å². The maximum Gasteiger partial charge on any atom is 0.262 e. The van der Waals surface area contributed by atoms with Crippen LogP contribution in [0, 0.1) is 5.82 Å². The molecule has 3 rings (SSSR count). The molecule has 0 atom stereocenters. The van der Waals surface area contributed by atoms with Crippen molar-refractivity contribution in [3.05, 3.63) is 62.9 Å². The van der Waals surface area contributed by atoms with E-state index in [0.29, 0.717) is 0 Å². The van der Waals surface area contributed by atoms with E-state index in [1.807, 2.05) is 0 Å². The van der Waals surface area contributed by atoms with Crippen LogP contribution in [0.2, 0.25) is 10.0 Å². The van der Waals surface area contributed by atoms with Gasteiger partial charge in [-0.1, -0.05) is 23.2 Å². The molecule has 7 nitrogen and oxygen atoms in total. The van der Waals surface area contributed by atoms with Gasteiger partial charge in [-0.25, -0.2) is 22.5 Å². The molecule has 1 aromatic heterocycles. The number of rotatable bonds is 5. The lowest BCUT2D eigenvalue weighted by molar-refractivity contribution is 0.480. The first-order chi connectivity index (χ1) is 12.7. The fraction of sp³-hybridized carbons (Fsp3) is 0.125. The summed E-state index contributed by atoms with van der Waals surface area (Å²) in [6.45, 7) is -0.161. The quantitative estimate of drug-likeness (QED) is 0.646. The van der Waals surface area contributed by atoms with Gasteiger partial charge in [-0.3, -0.25) is 9.36 Å². The summed E-state index contributed by atoms with van der Waals surface area (Å²) in [5.41, 5.74) is -0.599. The summed E-state index contributed by atoms with van der Waals surface area (Å²) < 4.78 is 40.7. The van der Waals surface area contributed by atoms with E-state index < -0.39 is 21.4 Å². The summed E-state index contributed by atoms with van der Waals surface area (Å²) in [5.74, 6) is -0.916. The van der Waals surface area contributed by atoms with E-state index in [1.54, 1.807) is 0 Å². The Morgan fingerprint density at radius 3 is 2.52 bits per heavy atom. The molecule has 0 saturated heterocycles. The van der Waals surface area contributed by atoms with Gasteiger partial charge in [0.25, 0.3) is 5.56 Å². The first kappa shape index (κ1) is 19.6. The van der Waals surface area contributed by atoms with Gasteiger partial charge in [0.15, 0.2) is 5.75 Å². The van der Waals surface area contributed by atoms with E-state index in [4.69, 9.17) is 23.2 Å². The second kappa shape index (κ2) is 7.43. The first-order valence-electron chi connectivity index (χ1n) is 7.52. The molecule has 0 bridgehead atoms. The van der Waals surface area contributed by atoms with Gasteiger partial charge in [0.1, 0.15) is 11.3 Å². The second-order valence-electron chi connectivity index (χ2n) is 5.51. The molecular weight excluding hydrogens is 420 g/mol. The van der Waals surface area contributed by atoms with Crippen molar-refractivity contribution in [2.24, 2.45) is 0 Å². The molecule has 0 unspecified atom stereocenters. The fourth-order valence-electron chi connectivity index (χ4n) is 2.41. The highest BCUT2D eigenvalue weighted by molar-refractivity contribution is 7.89. The third-order valence-corrected chi connectivity index (χ3v) is 5.81. The molecule has 0 spiro atoms. The van der Waals surface area contributed by atoms with Gasteiger partial charge >= 0.3 is 0 Å². The van der Waals surface area contributed by atoms with Crippen LogP contribution >= 0.6 is 23.2 Å². The zero-order valence-electron chi connectivity index (χ0n) is 13.5. The number of phenols is 1. The zero-order chi connectivity index (χ0) is 19.8. The lowest BCUT2D eigenvalue weighted by atomic mass is 10.2. The monoisotopic (exact) mass is 431 g/mol. The number of halogens is 3. The van der Waals surface area contributed by atoms with Gasteiger partial charge in [0.2, 0.25) is 10.0 Å². The average Bonchev–Trinajstić information content (AvgIpc) is 2.61. The molecule has 142 valence electrons. The Bertz CT molecular complexity index is 1180. The smallest absolute Gasteiger partial charge is 0.262 e. The van der Waals surface area contributed by atoms with E-state index in [0.717, 1.165) is 35.2 Å². The highest BCUT2D eigenvalue weighted by atomic mass is 35.5. The van der Waals surface area contributed by atoms with Gasteiger partial charge < -0.3 is 5.11 Å². The molecule has 0 aliphatic rings. The van der Waals surface area contributed by atoms with E-state index in [-0.39, 0.29) is 44.7 Å². The number of hydrogen-bond acceptors (Lipinski definition) is 5. The molecular formula is C16H12Cl2FN3O4S. The predicted octanol–water partition coefficient (Wildman–Crippen LogP) is 2.53. The Balaban J connectivity index is 1.83. The maximum atomic E-state index is 12.9. The third-order valence-electron chi connectivity index (χ3n) is 3.75. The third kappa shape index (κ3) is 3.91. The lowest BCUT2D eigenvalue weighted by Crippen LogP contribution is -2.31. The van der Waals surface area contributed by atoms with Crippen molar-refractivity contribution in [1.29, 1.82) is 0 Å². The molecule has 2 aromatic carbocycles. The van der Waals surface area contributed by atoms with Gasteiger partial charge in [0, 0.05) is 13.1 Å². The van der Waals surface area contributed by atoms with Crippen LogP contribution in [-0.2, 0) is 16.6 Å². The van der Waals surface area contributed by atoms with Crippen LogP contribution in [0.5, 0.6) is 5.75 Å². The molecule has 2 N–H and O–H groups in total. The molecule has 3 aromatic rings. The van der Waals surface area contributed by atoms with Crippen molar-refractivity contribution >= 4 is 44.1 Å². The van der Waals surface area contributed by atoms with Crippen LogP contribution in [0.1, 0.15) is 0 Å². The Hall–Kier alpha value is -2.20. The van der Waals surface area contributed by atoms with Gasteiger partial charge in [-0.15, -0.1) is 0 Å². The van der Waals surface area contributed by atoms with E-state index in [1.165, 1.54) is 6.07 Å². The average molecular weight is 432 g/mol. The van der Waals surface area contributed by atoms with E-state index in [2.05, 4.69) is 9.71 Å². The minimum Gasteiger partial charge on any atom is -0.504 e. The van der Waals surface area contributed by atoms with Crippen molar-refractivity contribution in [3.63, 3.8) is 0 Å². The number of aromatic nitrogens is 2. The number of fused-ring (bicyclic) bond motifs is 1. The summed E-state index contributed by atoms with van der Waals surface area (Å²) in [4.78, 5) is 16.4. The minimum atomic E-state index is -3.86. The van der Waals surface area contributed by atoms with Crippen molar-refractivity contribution in [2.75, 3.05) is 6.54 Å². The number of sulfonamides is 1. The Morgan fingerprint density at radius 1 is 1.19 bits per heavy atom. The van der Waals surface area contributed by atoms with Crippen molar-refractivity contribution < 1.29 is 17.9 Å². The van der Waals surface area contributed by atoms with E-state index in [9.17, 15) is 22.7 Å². The van der Waals surface area contributed by atoms with Gasteiger partial charge in [-0.05, 0) is 30.3 Å². The number of hydrogen-bond donors (Lipinski definition) is 2. The Morgan fingerprint density at radius 2 is 1.85 bits per heavy atom. The van der Waals surface area contributed by atoms with Crippen LogP contribution in [0.4, 0.5) is 4.39 Å². The normalized spacial score (nSPS) is 11.8. The van der Waals surface area contributed by atoms with Crippen LogP contribution in [0.15, 0.2) is 46.3 Å². The second-order valence-corrected chi connectivity index (χ2v) is 8.09. The molecule has 11 heteroatoms. The molecule has 0 saturated carbocycles. The molecule has 0 amide bonds. The Kier molecular flexibility index (Phi) is 5.38. The topological polar surface area (TPSA) is 101 Å². The lowest BCUT2D eigenvalue weighted by Gasteiger charge is -2.10. The molecule has 0 radical (unpaired) electrons. The van der Waals surface area contributed by atoms with Crippen LogP contribution in [-0.4, -0.2) is 29.6 Å². The molecule has 0 aliphatic carbocycles. The van der Waals surface area contributed by atoms with Crippen LogP contribution < -0.4 is 10.3 Å². The SMILES string of the molecule is O=c1c2c(Cl)cc(Cl)c(O)c2ncn1CCNS(=O)(=O)c1ccc(F)cc1. The molecule has 0 aliphatic heterocycles. The summed E-state index contributed by atoms with van der Waals surface area (Å²) in [7, 11) is -3.86. The summed E-state index contributed by atoms with van der Waals surface area (Å²) in [6.07, 6.45) is 1.16. The zero-order valence-corrected chi connectivity index (χ0v) is 15.8. The molecule has 1 heterocycles. The number of aromatic hydroxyl groups is 1. The van der Waals surface area contributed by atoms with Crippen molar-refractivity contribution in [3.8, 4) is 5.75 Å². The van der Waals surface area contributed by atoms with Crippen LogP contribution in [0.25, 0.3) is 10.9 Å².